The first-order valence-electron chi connectivity index (χ1n) is 5.39. The monoisotopic (exact) mass is 253 g/mol. The fraction of sp³-hybridized carbons (Fsp3) is 0.417. The topological polar surface area (TPSA) is 81.1 Å². The van der Waals surface area contributed by atoms with Gasteiger partial charge >= 0.3 is 0 Å². The molecule has 0 saturated heterocycles. The SMILES string of the molecule is CC(C)(N)CSCc1ccc(C(=O)NN)cc1. The molecule has 5 N–H and O–H groups in total. The highest BCUT2D eigenvalue weighted by Crippen LogP contribution is 2.16. The lowest BCUT2D eigenvalue weighted by Gasteiger charge is -2.17. The molecule has 0 aromatic heterocycles. The molecule has 0 aliphatic carbocycles. The predicted octanol–water partition coefficient (Wildman–Crippen LogP) is 1.26. The molecular weight excluding hydrogens is 234 g/mol. The average Bonchev–Trinajstić information content (AvgIpc) is 2.27. The summed E-state index contributed by atoms with van der Waals surface area (Å²) in [6, 6.07) is 7.40. The molecule has 1 rings (SSSR count). The summed E-state index contributed by atoms with van der Waals surface area (Å²) in [6.45, 7) is 4.02. The van der Waals surface area contributed by atoms with Gasteiger partial charge in [0.25, 0.3) is 5.91 Å². The summed E-state index contributed by atoms with van der Waals surface area (Å²) in [5.74, 6) is 6.58. The molecule has 0 heterocycles. The van der Waals surface area contributed by atoms with Crippen molar-refractivity contribution in [2.45, 2.75) is 25.1 Å². The van der Waals surface area contributed by atoms with Crippen LogP contribution in [-0.4, -0.2) is 17.2 Å². The fourth-order valence-electron chi connectivity index (χ4n) is 1.27. The minimum atomic E-state index is -0.271. The van der Waals surface area contributed by atoms with Gasteiger partial charge in [0.2, 0.25) is 0 Å². The van der Waals surface area contributed by atoms with Crippen molar-refractivity contribution in [3.8, 4) is 0 Å². The number of hydrazine groups is 1. The molecular formula is C12H19N3OS. The van der Waals surface area contributed by atoms with Gasteiger partial charge < -0.3 is 5.73 Å². The quantitative estimate of drug-likeness (QED) is 0.419. The fourth-order valence-corrected chi connectivity index (χ4v) is 2.32. The van der Waals surface area contributed by atoms with E-state index in [-0.39, 0.29) is 11.4 Å². The van der Waals surface area contributed by atoms with Crippen LogP contribution >= 0.6 is 11.8 Å². The van der Waals surface area contributed by atoms with Crippen LogP contribution in [-0.2, 0) is 5.75 Å². The molecule has 0 saturated carbocycles. The van der Waals surface area contributed by atoms with Crippen LogP contribution in [0.1, 0.15) is 29.8 Å². The third-order valence-corrected chi connectivity index (χ3v) is 3.58. The molecule has 4 nitrogen and oxygen atoms in total. The van der Waals surface area contributed by atoms with Gasteiger partial charge in [-0.1, -0.05) is 12.1 Å². The van der Waals surface area contributed by atoms with Gasteiger partial charge in [0.1, 0.15) is 0 Å². The third kappa shape index (κ3) is 5.21. The highest BCUT2D eigenvalue weighted by Gasteiger charge is 2.10. The van der Waals surface area contributed by atoms with E-state index in [9.17, 15) is 4.79 Å². The highest BCUT2D eigenvalue weighted by molar-refractivity contribution is 7.98. The molecule has 94 valence electrons. The van der Waals surface area contributed by atoms with E-state index in [0.29, 0.717) is 5.56 Å². The molecule has 0 aliphatic heterocycles. The van der Waals surface area contributed by atoms with Crippen LogP contribution in [0.25, 0.3) is 0 Å². The Morgan fingerprint density at radius 1 is 1.35 bits per heavy atom. The van der Waals surface area contributed by atoms with E-state index in [1.54, 1.807) is 23.9 Å². The zero-order chi connectivity index (χ0) is 12.9. The predicted molar refractivity (Wildman–Crippen MR) is 72.5 cm³/mol. The van der Waals surface area contributed by atoms with E-state index in [1.165, 1.54) is 5.56 Å². The van der Waals surface area contributed by atoms with E-state index in [2.05, 4.69) is 5.43 Å². The van der Waals surface area contributed by atoms with Gasteiger partial charge in [0, 0.05) is 22.6 Å². The Kier molecular flexibility index (Phi) is 4.99. The summed E-state index contributed by atoms with van der Waals surface area (Å²) >= 11 is 1.78. The lowest BCUT2D eigenvalue weighted by molar-refractivity contribution is 0.0953. The first kappa shape index (κ1) is 14.0. The number of nitrogens with two attached hydrogens (primary N) is 2. The van der Waals surface area contributed by atoms with Crippen LogP contribution in [0.15, 0.2) is 24.3 Å². The molecule has 0 unspecified atom stereocenters. The van der Waals surface area contributed by atoms with Crippen LogP contribution in [0, 0.1) is 0 Å². The number of nitrogens with one attached hydrogen (secondary N) is 1. The molecule has 0 spiro atoms. The summed E-state index contributed by atoms with van der Waals surface area (Å²) in [7, 11) is 0. The Morgan fingerprint density at radius 3 is 2.41 bits per heavy atom. The van der Waals surface area contributed by atoms with Crippen molar-refractivity contribution in [2.24, 2.45) is 11.6 Å². The summed E-state index contributed by atoms with van der Waals surface area (Å²) < 4.78 is 0. The van der Waals surface area contributed by atoms with Gasteiger partial charge in [-0.05, 0) is 31.5 Å². The van der Waals surface area contributed by atoms with Crippen molar-refractivity contribution >= 4 is 17.7 Å². The summed E-state index contributed by atoms with van der Waals surface area (Å²) in [5.41, 5.74) is 9.59. The Labute approximate surface area is 106 Å². The van der Waals surface area contributed by atoms with Gasteiger partial charge in [-0.2, -0.15) is 11.8 Å². The zero-order valence-electron chi connectivity index (χ0n) is 10.2. The molecule has 0 radical (unpaired) electrons. The third-order valence-electron chi connectivity index (χ3n) is 2.09. The Morgan fingerprint density at radius 2 is 1.94 bits per heavy atom. The van der Waals surface area contributed by atoms with Gasteiger partial charge in [-0.25, -0.2) is 5.84 Å². The second-order valence-electron chi connectivity index (χ2n) is 4.65. The number of carbonyl (C=O) groups is 1. The standard InChI is InChI=1S/C12H19N3OS/c1-12(2,13)8-17-7-9-3-5-10(6-4-9)11(16)15-14/h3-6H,7-8,13-14H2,1-2H3,(H,15,16). The highest BCUT2D eigenvalue weighted by atomic mass is 32.2. The number of amides is 1. The largest absolute Gasteiger partial charge is 0.325 e. The average molecular weight is 253 g/mol. The van der Waals surface area contributed by atoms with E-state index < -0.39 is 0 Å². The maximum absolute atomic E-state index is 11.2. The molecule has 1 amide bonds. The van der Waals surface area contributed by atoms with Crippen LogP contribution in [0.3, 0.4) is 0 Å². The van der Waals surface area contributed by atoms with Crippen LogP contribution in [0.4, 0.5) is 0 Å². The van der Waals surface area contributed by atoms with Crippen molar-refractivity contribution in [3.05, 3.63) is 35.4 Å². The second kappa shape index (κ2) is 6.05. The summed E-state index contributed by atoms with van der Waals surface area (Å²) in [5, 5.41) is 0. The number of nitrogen functional groups attached to an aromatic ring is 1. The van der Waals surface area contributed by atoms with Crippen molar-refractivity contribution in [2.75, 3.05) is 5.75 Å². The maximum Gasteiger partial charge on any atom is 0.265 e. The van der Waals surface area contributed by atoms with Crippen LogP contribution in [0.5, 0.6) is 0 Å². The van der Waals surface area contributed by atoms with E-state index in [1.807, 2.05) is 26.0 Å². The van der Waals surface area contributed by atoms with Crippen molar-refractivity contribution in [1.82, 2.24) is 5.43 Å². The molecule has 1 aromatic carbocycles. The number of hydrogen-bond donors (Lipinski definition) is 3. The number of benzene rings is 1. The number of hydrogen-bond acceptors (Lipinski definition) is 4. The maximum atomic E-state index is 11.2. The first-order valence-corrected chi connectivity index (χ1v) is 6.54. The zero-order valence-corrected chi connectivity index (χ0v) is 11.0. The van der Waals surface area contributed by atoms with Crippen molar-refractivity contribution in [1.29, 1.82) is 0 Å². The Balaban J connectivity index is 2.49. The molecule has 17 heavy (non-hydrogen) atoms. The number of rotatable bonds is 5. The van der Waals surface area contributed by atoms with Crippen LogP contribution < -0.4 is 17.0 Å². The van der Waals surface area contributed by atoms with E-state index >= 15 is 0 Å². The Bertz CT molecular complexity index is 370. The summed E-state index contributed by atoms with van der Waals surface area (Å²) in [4.78, 5) is 11.2. The first-order chi connectivity index (χ1) is 7.92. The smallest absolute Gasteiger partial charge is 0.265 e. The molecule has 0 fully saturated rings. The molecule has 0 aliphatic rings. The van der Waals surface area contributed by atoms with Crippen LogP contribution in [0.2, 0.25) is 0 Å². The van der Waals surface area contributed by atoms with Gasteiger partial charge in [-0.15, -0.1) is 0 Å². The van der Waals surface area contributed by atoms with E-state index in [4.69, 9.17) is 11.6 Å². The van der Waals surface area contributed by atoms with Gasteiger partial charge in [-0.3, -0.25) is 10.2 Å². The molecule has 1 aromatic rings. The van der Waals surface area contributed by atoms with Gasteiger partial charge in [0.05, 0.1) is 0 Å². The minimum absolute atomic E-state index is 0.149. The van der Waals surface area contributed by atoms with Gasteiger partial charge in [0.15, 0.2) is 0 Å². The molecule has 0 bridgehead atoms. The van der Waals surface area contributed by atoms with E-state index in [0.717, 1.165) is 11.5 Å². The lowest BCUT2D eigenvalue weighted by Crippen LogP contribution is -2.34. The van der Waals surface area contributed by atoms with Crippen molar-refractivity contribution < 1.29 is 4.79 Å². The second-order valence-corrected chi connectivity index (χ2v) is 5.64. The van der Waals surface area contributed by atoms with Crippen molar-refractivity contribution in [3.63, 3.8) is 0 Å². The lowest BCUT2D eigenvalue weighted by atomic mass is 10.1. The molecule has 5 heteroatoms. The Hall–Kier alpha value is -1.04. The minimum Gasteiger partial charge on any atom is -0.325 e. The molecule has 0 atom stereocenters. The summed E-state index contributed by atoms with van der Waals surface area (Å²) in [6.07, 6.45) is 0. The normalized spacial score (nSPS) is 11.3. The number of carbonyl (C=O) groups excluding carboxylic acids is 1. The number of thioether (sulfide) groups is 1.